The van der Waals surface area contributed by atoms with Crippen molar-refractivity contribution in [2.75, 3.05) is 36.0 Å². The first kappa shape index (κ1) is 15.3. The van der Waals surface area contributed by atoms with Crippen LogP contribution in [0.4, 0.5) is 11.6 Å². The standard InChI is InChI=1S/C18H21N5S/c1-3-15-20-17(14-12-13(2)24-18(14)21-15)23-10-8-22(9-11-23)16-6-4-5-7-19-16/h4-7,12H,3,8-11H2,1-2H3. The number of pyridine rings is 1. The molecule has 3 aromatic heterocycles. The molecule has 5 nitrogen and oxygen atoms in total. The van der Waals surface area contributed by atoms with Gasteiger partial charge in [-0.15, -0.1) is 11.3 Å². The number of aryl methyl sites for hydroxylation is 2. The Morgan fingerprint density at radius 3 is 2.58 bits per heavy atom. The van der Waals surface area contributed by atoms with Crippen molar-refractivity contribution in [1.29, 1.82) is 0 Å². The van der Waals surface area contributed by atoms with Gasteiger partial charge in [-0.3, -0.25) is 0 Å². The first-order valence-electron chi connectivity index (χ1n) is 8.42. The van der Waals surface area contributed by atoms with Gasteiger partial charge in [0.15, 0.2) is 0 Å². The van der Waals surface area contributed by atoms with Gasteiger partial charge in [-0.2, -0.15) is 0 Å². The Kier molecular flexibility index (Phi) is 4.06. The Balaban J connectivity index is 1.60. The monoisotopic (exact) mass is 339 g/mol. The Labute approximate surface area is 146 Å². The zero-order chi connectivity index (χ0) is 16.5. The van der Waals surface area contributed by atoms with Gasteiger partial charge in [-0.25, -0.2) is 15.0 Å². The van der Waals surface area contributed by atoms with Crippen LogP contribution in [-0.4, -0.2) is 41.1 Å². The summed E-state index contributed by atoms with van der Waals surface area (Å²) in [6.45, 7) is 8.10. The number of fused-ring (bicyclic) bond motifs is 1. The number of rotatable bonds is 3. The lowest BCUT2D eigenvalue weighted by atomic mass is 10.2. The second-order valence-electron chi connectivity index (χ2n) is 6.05. The van der Waals surface area contributed by atoms with Crippen LogP contribution in [0.1, 0.15) is 17.6 Å². The molecule has 0 radical (unpaired) electrons. The van der Waals surface area contributed by atoms with Crippen molar-refractivity contribution in [3.8, 4) is 0 Å². The van der Waals surface area contributed by atoms with Crippen LogP contribution >= 0.6 is 11.3 Å². The van der Waals surface area contributed by atoms with Crippen molar-refractivity contribution in [2.45, 2.75) is 20.3 Å². The lowest BCUT2D eigenvalue weighted by Gasteiger charge is -2.36. The van der Waals surface area contributed by atoms with Crippen molar-refractivity contribution in [2.24, 2.45) is 0 Å². The molecule has 0 atom stereocenters. The van der Waals surface area contributed by atoms with Gasteiger partial charge < -0.3 is 9.80 Å². The minimum absolute atomic E-state index is 0.869. The van der Waals surface area contributed by atoms with Gasteiger partial charge in [0, 0.05) is 43.7 Å². The van der Waals surface area contributed by atoms with Gasteiger partial charge in [-0.1, -0.05) is 13.0 Å². The summed E-state index contributed by atoms with van der Waals surface area (Å²) in [6, 6.07) is 8.31. The van der Waals surface area contributed by atoms with Crippen LogP contribution < -0.4 is 9.80 Å². The fraction of sp³-hybridized carbons (Fsp3) is 0.389. The topological polar surface area (TPSA) is 45.2 Å². The molecule has 0 amide bonds. The second kappa shape index (κ2) is 6.36. The van der Waals surface area contributed by atoms with Crippen LogP contribution in [0.3, 0.4) is 0 Å². The molecular formula is C18H21N5S. The molecule has 4 heterocycles. The Morgan fingerprint density at radius 2 is 1.88 bits per heavy atom. The first-order chi connectivity index (χ1) is 11.7. The third kappa shape index (κ3) is 2.82. The van der Waals surface area contributed by atoms with Crippen LogP contribution in [0.2, 0.25) is 0 Å². The molecule has 6 heteroatoms. The molecule has 0 saturated carbocycles. The smallest absolute Gasteiger partial charge is 0.141 e. The molecule has 0 N–H and O–H groups in total. The van der Waals surface area contributed by atoms with Gasteiger partial charge in [-0.05, 0) is 25.1 Å². The molecule has 4 rings (SSSR count). The Bertz CT molecular complexity index is 837. The third-order valence-electron chi connectivity index (χ3n) is 4.41. The number of thiophene rings is 1. The number of hydrogen-bond acceptors (Lipinski definition) is 6. The van der Waals surface area contributed by atoms with E-state index in [4.69, 9.17) is 9.97 Å². The van der Waals surface area contributed by atoms with Crippen molar-refractivity contribution >= 4 is 33.2 Å². The average Bonchev–Trinajstić information content (AvgIpc) is 3.02. The predicted molar refractivity (Wildman–Crippen MR) is 100 cm³/mol. The van der Waals surface area contributed by atoms with E-state index < -0.39 is 0 Å². The van der Waals surface area contributed by atoms with Crippen LogP contribution in [0.15, 0.2) is 30.5 Å². The molecule has 24 heavy (non-hydrogen) atoms. The zero-order valence-corrected chi connectivity index (χ0v) is 14.9. The number of hydrogen-bond donors (Lipinski definition) is 0. The summed E-state index contributed by atoms with van der Waals surface area (Å²) in [5, 5.41) is 1.20. The molecule has 1 aliphatic heterocycles. The molecule has 1 aliphatic rings. The third-order valence-corrected chi connectivity index (χ3v) is 5.36. The lowest BCUT2D eigenvalue weighted by Crippen LogP contribution is -2.47. The number of nitrogens with zero attached hydrogens (tertiary/aromatic N) is 5. The molecular weight excluding hydrogens is 318 g/mol. The SMILES string of the molecule is CCc1nc(N2CCN(c3ccccn3)CC2)c2cc(C)sc2n1. The van der Waals surface area contributed by atoms with Crippen LogP contribution in [0.25, 0.3) is 10.2 Å². The maximum absolute atomic E-state index is 4.84. The minimum Gasteiger partial charge on any atom is -0.353 e. The van der Waals surface area contributed by atoms with E-state index in [0.29, 0.717) is 0 Å². The molecule has 0 bridgehead atoms. The number of aromatic nitrogens is 3. The fourth-order valence-electron chi connectivity index (χ4n) is 3.16. The fourth-order valence-corrected chi connectivity index (χ4v) is 4.05. The lowest BCUT2D eigenvalue weighted by molar-refractivity contribution is 0.641. The molecule has 0 spiro atoms. The molecule has 0 unspecified atom stereocenters. The zero-order valence-electron chi connectivity index (χ0n) is 14.1. The summed E-state index contributed by atoms with van der Waals surface area (Å²) in [6.07, 6.45) is 2.73. The van der Waals surface area contributed by atoms with E-state index in [2.05, 4.69) is 40.8 Å². The normalized spacial score (nSPS) is 15.2. The molecule has 3 aromatic rings. The average molecular weight is 339 g/mol. The van der Waals surface area contributed by atoms with Gasteiger partial charge in [0.25, 0.3) is 0 Å². The van der Waals surface area contributed by atoms with E-state index in [9.17, 15) is 0 Å². The molecule has 1 saturated heterocycles. The van der Waals surface area contributed by atoms with Gasteiger partial charge >= 0.3 is 0 Å². The minimum atomic E-state index is 0.869. The van der Waals surface area contributed by atoms with E-state index in [-0.39, 0.29) is 0 Å². The van der Waals surface area contributed by atoms with Crippen molar-refractivity contribution < 1.29 is 0 Å². The van der Waals surface area contributed by atoms with Crippen molar-refractivity contribution in [3.63, 3.8) is 0 Å². The summed E-state index contributed by atoms with van der Waals surface area (Å²) in [4.78, 5) is 21.1. The summed E-state index contributed by atoms with van der Waals surface area (Å²) in [7, 11) is 0. The summed E-state index contributed by atoms with van der Waals surface area (Å²) in [5.74, 6) is 3.10. The highest BCUT2D eigenvalue weighted by molar-refractivity contribution is 7.18. The maximum atomic E-state index is 4.84. The molecule has 0 aliphatic carbocycles. The highest BCUT2D eigenvalue weighted by Crippen LogP contribution is 2.31. The van der Waals surface area contributed by atoms with E-state index >= 15 is 0 Å². The van der Waals surface area contributed by atoms with Crippen LogP contribution in [0, 0.1) is 6.92 Å². The molecule has 1 fully saturated rings. The van der Waals surface area contributed by atoms with E-state index in [1.165, 1.54) is 10.3 Å². The highest BCUT2D eigenvalue weighted by Gasteiger charge is 2.22. The van der Waals surface area contributed by atoms with Crippen molar-refractivity contribution in [3.05, 3.63) is 41.2 Å². The largest absolute Gasteiger partial charge is 0.353 e. The quantitative estimate of drug-likeness (QED) is 0.733. The Hall–Kier alpha value is -2.21. The van der Waals surface area contributed by atoms with E-state index in [1.54, 1.807) is 11.3 Å². The summed E-state index contributed by atoms with van der Waals surface area (Å²) < 4.78 is 0. The van der Waals surface area contributed by atoms with Gasteiger partial charge in [0.2, 0.25) is 0 Å². The van der Waals surface area contributed by atoms with E-state index in [0.717, 1.165) is 54.9 Å². The van der Waals surface area contributed by atoms with Gasteiger partial charge in [0.05, 0.1) is 5.39 Å². The predicted octanol–water partition coefficient (Wildman–Crippen LogP) is 3.28. The number of piperazine rings is 1. The van der Waals surface area contributed by atoms with Gasteiger partial charge in [0.1, 0.15) is 22.3 Å². The highest BCUT2D eigenvalue weighted by atomic mass is 32.1. The second-order valence-corrected chi connectivity index (χ2v) is 7.29. The molecule has 124 valence electrons. The molecule has 0 aromatic carbocycles. The van der Waals surface area contributed by atoms with E-state index in [1.807, 2.05) is 18.3 Å². The Morgan fingerprint density at radius 1 is 1.08 bits per heavy atom. The van der Waals surface area contributed by atoms with Crippen LogP contribution in [0.5, 0.6) is 0 Å². The first-order valence-corrected chi connectivity index (χ1v) is 9.24. The van der Waals surface area contributed by atoms with Crippen molar-refractivity contribution in [1.82, 2.24) is 15.0 Å². The summed E-state index contributed by atoms with van der Waals surface area (Å²) >= 11 is 1.76. The summed E-state index contributed by atoms with van der Waals surface area (Å²) in [5.41, 5.74) is 0. The van der Waals surface area contributed by atoms with Crippen LogP contribution in [-0.2, 0) is 6.42 Å². The number of anilines is 2. The maximum Gasteiger partial charge on any atom is 0.141 e.